The first-order valence-corrected chi connectivity index (χ1v) is 6.54. The molecule has 0 heterocycles. The van der Waals surface area contributed by atoms with Gasteiger partial charge in [-0.05, 0) is 20.3 Å². The van der Waals surface area contributed by atoms with Gasteiger partial charge in [-0.15, -0.1) is 0 Å². The topological polar surface area (TPSA) is 98.9 Å². The minimum Gasteiger partial charge on any atom is -0.480 e. The number of carbonyl (C=O) groups is 1. The predicted molar refractivity (Wildman–Crippen MR) is 56.0 cm³/mol. The molecule has 3 N–H and O–H groups in total. The van der Waals surface area contributed by atoms with Gasteiger partial charge in [0.05, 0.1) is 19.4 Å². The van der Waals surface area contributed by atoms with Gasteiger partial charge in [0.1, 0.15) is 6.04 Å². The molecule has 0 radical (unpaired) electrons. The third-order valence-corrected chi connectivity index (χ3v) is 3.79. The minimum absolute atomic E-state index is 0.0299. The summed E-state index contributed by atoms with van der Waals surface area (Å²) in [5, 5.41) is 8.54. The van der Waals surface area contributed by atoms with Gasteiger partial charge in [-0.25, -0.2) is 0 Å². The third kappa shape index (κ3) is 5.89. The standard InChI is InChI=1S/C8H18NO5P/c1-3-13-15(12,14-4-2)6-5-7(9)8(10)11/h7H,3-6,9H2,1-2H3,(H,10,11). The van der Waals surface area contributed by atoms with E-state index in [4.69, 9.17) is 19.9 Å². The first-order chi connectivity index (χ1) is 6.95. The molecule has 0 saturated carbocycles. The summed E-state index contributed by atoms with van der Waals surface area (Å²) in [6, 6.07) is -1.03. The zero-order valence-electron chi connectivity index (χ0n) is 9.01. The van der Waals surface area contributed by atoms with Crippen molar-refractivity contribution >= 4 is 13.6 Å². The van der Waals surface area contributed by atoms with Crippen molar-refractivity contribution in [3.63, 3.8) is 0 Å². The van der Waals surface area contributed by atoms with Gasteiger partial charge in [0.2, 0.25) is 0 Å². The van der Waals surface area contributed by atoms with Crippen LogP contribution in [0.4, 0.5) is 0 Å². The van der Waals surface area contributed by atoms with Crippen LogP contribution in [-0.4, -0.2) is 36.5 Å². The molecular formula is C8H18NO5P. The van der Waals surface area contributed by atoms with E-state index in [-0.39, 0.29) is 25.8 Å². The smallest absolute Gasteiger partial charge is 0.330 e. The monoisotopic (exact) mass is 239 g/mol. The minimum atomic E-state index is -3.16. The lowest BCUT2D eigenvalue weighted by Crippen LogP contribution is -2.31. The van der Waals surface area contributed by atoms with Crippen LogP contribution >= 0.6 is 7.60 Å². The van der Waals surface area contributed by atoms with Crippen LogP contribution in [0.5, 0.6) is 0 Å². The highest BCUT2D eigenvalue weighted by molar-refractivity contribution is 7.53. The van der Waals surface area contributed by atoms with Crippen LogP contribution in [0, 0.1) is 0 Å². The van der Waals surface area contributed by atoms with Gasteiger partial charge in [0, 0.05) is 0 Å². The summed E-state index contributed by atoms with van der Waals surface area (Å²) in [5.41, 5.74) is 5.28. The first-order valence-electron chi connectivity index (χ1n) is 4.81. The Morgan fingerprint density at radius 1 is 1.40 bits per heavy atom. The quantitative estimate of drug-likeness (QED) is 0.614. The van der Waals surface area contributed by atoms with Gasteiger partial charge >= 0.3 is 13.6 Å². The molecule has 0 rings (SSSR count). The second-order valence-corrected chi connectivity index (χ2v) is 5.09. The van der Waals surface area contributed by atoms with E-state index in [0.717, 1.165) is 0 Å². The molecular weight excluding hydrogens is 221 g/mol. The third-order valence-electron chi connectivity index (χ3n) is 1.68. The highest BCUT2D eigenvalue weighted by Crippen LogP contribution is 2.48. The van der Waals surface area contributed by atoms with Crippen molar-refractivity contribution in [1.82, 2.24) is 0 Å². The van der Waals surface area contributed by atoms with E-state index in [0.29, 0.717) is 0 Å². The molecule has 0 amide bonds. The Labute approximate surface area is 89.3 Å². The summed E-state index contributed by atoms with van der Waals surface area (Å²) in [6.45, 7) is 3.92. The SMILES string of the molecule is CCOP(=O)(CCC(N)C(=O)O)OCC. The molecule has 0 aliphatic heterocycles. The van der Waals surface area contributed by atoms with Crippen LogP contribution in [-0.2, 0) is 18.4 Å². The number of nitrogens with two attached hydrogens (primary N) is 1. The van der Waals surface area contributed by atoms with Gasteiger partial charge in [-0.2, -0.15) is 0 Å². The molecule has 0 bridgehead atoms. The molecule has 90 valence electrons. The lowest BCUT2D eigenvalue weighted by atomic mass is 10.2. The Balaban J connectivity index is 4.18. The highest BCUT2D eigenvalue weighted by atomic mass is 31.2. The average molecular weight is 239 g/mol. The van der Waals surface area contributed by atoms with E-state index in [1.165, 1.54) is 0 Å². The predicted octanol–water partition coefficient (Wildman–Crippen LogP) is 1.05. The van der Waals surface area contributed by atoms with Crippen molar-refractivity contribution in [3.05, 3.63) is 0 Å². The van der Waals surface area contributed by atoms with Crippen molar-refractivity contribution in [1.29, 1.82) is 0 Å². The summed E-state index contributed by atoms with van der Waals surface area (Å²) in [6.07, 6.45) is 0.106. The first kappa shape index (κ1) is 14.6. The molecule has 0 aromatic carbocycles. The maximum absolute atomic E-state index is 11.8. The molecule has 0 aliphatic carbocycles. The number of hydrogen-bond donors (Lipinski definition) is 2. The van der Waals surface area contributed by atoms with E-state index >= 15 is 0 Å². The number of carboxylic acid groups (broad SMARTS) is 1. The van der Waals surface area contributed by atoms with Crippen LogP contribution in [0.2, 0.25) is 0 Å². The molecule has 0 spiro atoms. The Kier molecular flexibility index (Phi) is 6.76. The molecule has 0 saturated heterocycles. The largest absolute Gasteiger partial charge is 0.480 e. The molecule has 1 atom stereocenters. The summed E-state index contributed by atoms with van der Waals surface area (Å²) in [7, 11) is -3.16. The van der Waals surface area contributed by atoms with Crippen molar-refractivity contribution in [2.24, 2.45) is 5.73 Å². The fraction of sp³-hybridized carbons (Fsp3) is 0.875. The summed E-state index contributed by atoms with van der Waals surface area (Å²) in [5.74, 6) is -1.12. The van der Waals surface area contributed by atoms with E-state index in [1.54, 1.807) is 13.8 Å². The van der Waals surface area contributed by atoms with E-state index in [1.807, 2.05) is 0 Å². The Hall–Kier alpha value is -0.420. The fourth-order valence-corrected chi connectivity index (χ4v) is 2.69. The van der Waals surface area contributed by atoms with Gasteiger partial charge < -0.3 is 19.9 Å². The molecule has 7 heteroatoms. The van der Waals surface area contributed by atoms with Gasteiger partial charge in [0.15, 0.2) is 0 Å². The molecule has 1 unspecified atom stereocenters. The summed E-state index contributed by atoms with van der Waals surface area (Å²) >= 11 is 0. The Morgan fingerprint density at radius 3 is 2.20 bits per heavy atom. The second kappa shape index (κ2) is 6.95. The van der Waals surface area contributed by atoms with Crippen LogP contribution < -0.4 is 5.73 Å². The van der Waals surface area contributed by atoms with E-state index < -0.39 is 19.6 Å². The van der Waals surface area contributed by atoms with Crippen LogP contribution in [0.25, 0.3) is 0 Å². The molecule has 0 aromatic rings. The molecule has 0 aromatic heterocycles. The zero-order chi connectivity index (χ0) is 11.9. The second-order valence-electron chi connectivity index (χ2n) is 2.90. The normalized spacial score (nSPS) is 13.8. The molecule has 15 heavy (non-hydrogen) atoms. The van der Waals surface area contributed by atoms with Crippen molar-refractivity contribution < 1.29 is 23.5 Å². The Morgan fingerprint density at radius 2 is 1.87 bits per heavy atom. The van der Waals surface area contributed by atoms with E-state index in [2.05, 4.69) is 0 Å². The number of carboxylic acids is 1. The van der Waals surface area contributed by atoms with Crippen LogP contribution in [0.3, 0.4) is 0 Å². The summed E-state index contributed by atoms with van der Waals surface area (Å²) in [4.78, 5) is 10.4. The number of rotatable bonds is 8. The molecule has 0 fully saturated rings. The molecule has 0 aliphatic rings. The van der Waals surface area contributed by atoms with Crippen molar-refractivity contribution in [3.8, 4) is 0 Å². The maximum Gasteiger partial charge on any atom is 0.330 e. The Bertz CT molecular complexity index is 235. The van der Waals surface area contributed by atoms with Crippen molar-refractivity contribution in [2.75, 3.05) is 19.4 Å². The fourth-order valence-electron chi connectivity index (χ4n) is 0.980. The highest BCUT2D eigenvalue weighted by Gasteiger charge is 2.25. The zero-order valence-corrected chi connectivity index (χ0v) is 9.90. The van der Waals surface area contributed by atoms with Gasteiger partial charge in [-0.3, -0.25) is 9.36 Å². The maximum atomic E-state index is 11.8. The van der Waals surface area contributed by atoms with Crippen LogP contribution in [0.15, 0.2) is 0 Å². The van der Waals surface area contributed by atoms with Crippen LogP contribution in [0.1, 0.15) is 20.3 Å². The number of aliphatic carboxylic acids is 1. The van der Waals surface area contributed by atoms with Gasteiger partial charge in [-0.1, -0.05) is 0 Å². The number of hydrogen-bond acceptors (Lipinski definition) is 5. The lowest BCUT2D eigenvalue weighted by molar-refractivity contribution is -0.138. The average Bonchev–Trinajstić information content (AvgIpc) is 2.15. The lowest BCUT2D eigenvalue weighted by Gasteiger charge is -2.17. The summed E-state index contributed by atoms with van der Waals surface area (Å²) < 4.78 is 21.8. The van der Waals surface area contributed by atoms with Gasteiger partial charge in [0.25, 0.3) is 0 Å². The van der Waals surface area contributed by atoms with Crippen molar-refractivity contribution in [2.45, 2.75) is 26.3 Å². The molecule has 6 nitrogen and oxygen atoms in total. The van der Waals surface area contributed by atoms with E-state index in [9.17, 15) is 9.36 Å².